The van der Waals surface area contributed by atoms with E-state index in [1.54, 1.807) is 6.07 Å². The Morgan fingerprint density at radius 1 is 1.19 bits per heavy atom. The summed E-state index contributed by atoms with van der Waals surface area (Å²) >= 11 is 9.35. The lowest BCUT2D eigenvalue weighted by Crippen LogP contribution is -1.91. The zero-order valence-corrected chi connectivity index (χ0v) is 13.2. The van der Waals surface area contributed by atoms with Crippen molar-refractivity contribution >= 4 is 33.2 Å². The van der Waals surface area contributed by atoms with Crippen LogP contribution in [0.2, 0.25) is 5.02 Å². The van der Waals surface area contributed by atoms with Gasteiger partial charge < -0.3 is 10.3 Å². The highest BCUT2D eigenvalue weighted by Gasteiger charge is 2.10. The lowest BCUT2D eigenvalue weighted by atomic mass is 10.1. The van der Waals surface area contributed by atoms with Crippen LogP contribution in [0.1, 0.15) is 11.5 Å². The fourth-order valence-electron chi connectivity index (χ4n) is 1.96. The third-order valence-electron chi connectivity index (χ3n) is 2.95. The molecule has 0 aliphatic carbocycles. The number of nitrogens with two attached hydrogens (primary N) is 1. The molecule has 21 heavy (non-hydrogen) atoms. The zero-order chi connectivity index (χ0) is 14.8. The minimum atomic E-state index is 0.534. The van der Waals surface area contributed by atoms with Gasteiger partial charge in [0.05, 0.1) is 11.4 Å². The van der Waals surface area contributed by atoms with Gasteiger partial charge >= 0.3 is 0 Å². The molecule has 0 spiro atoms. The average molecular weight is 365 g/mol. The van der Waals surface area contributed by atoms with E-state index in [0.717, 1.165) is 15.6 Å². The highest BCUT2D eigenvalue weighted by Crippen LogP contribution is 2.27. The Labute approximate surface area is 135 Å². The van der Waals surface area contributed by atoms with Crippen LogP contribution in [0.3, 0.4) is 0 Å². The van der Waals surface area contributed by atoms with Crippen molar-refractivity contribution in [2.45, 2.75) is 6.42 Å². The molecule has 1 aromatic heterocycles. The average Bonchev–Trinajstić information content (AvgIpc) is 2.90. The summed E-state index contributed by atoms with van der Waals surface area (Å²) in [6, 6.07) is 13.1. The van der Waals surface area contributed by atoms with Crippen LogP contribution in [0.15, 0.2) is 51.5 Å². The smallest absolute Gasteiger partial charge is 0.231 e. The molecule has 3 aromatic rings. The van der Waals surface area contributed by atoms with Crippen LogP contribution in [0, 0.1) is 0 Å². The minimum Gasteiger partial charge on any atom is -0.399 e. The number of halogens is 2. The standard InChI is InChI=1S/C15H11BrClN3O/c16-12-8-10(4-5-13(12)17)15-19-14(21-20-15)7-9-2-1-3-11(18)6-9/h1-6,8H,7,18H2. The summed E-state index contributed by atoms with van der Waals surface area (Å²) in [6.45, 7) is 0. The van der Waals surface area contributed by atoms with E-state index < -0.39 is 0 Å². The first kappa shape index (κ1) is 14.1. The van der Waals surface area contributed by atoms with Crippen molar-refractivity contribution in [2.75, 3.05) is 5.73 Å². The Balaban J connectivity index is 1.84. The molecule has 0 amide bonds. The lowest BCUT2D eigenvalue weighted by molar-refractivity contribution is 0.386. The molecule has 2 aromatic carbocycles. The Bertz CT molecular complexity index is 788. The Kier molecular flexibility index (Phi) is 3.94. The highest BCUT2D eigenvalue weighted by atomic mass is 79.9. The van der Waals surface area contributed by atoms with Crippen molar-refractivity contribution in [3.63, 3.8) is 0 Å². The van der Waals surface area contributed by atoms with E-state index in [2.05, 4.69) is 26.1 Å². The summed E-state index contributed by atoms with van der Waals surface area (Å²) in [4.78, 5) is 4.39. The normalized spacial score (nSPS) is 10.8. The molecule has 0 atom stereocenters. The Morgan fingerprint density at radius 2 is 2.05 bits per heavy atom. The van der Waals surface area contributed by atoms with E-state index in [9.17, 15) is 0 Å². The Morgan fingerprint density at radius 3 is 2.81 bits per heavy atom. The molecule has 0 radical (unpaired) electrons. The van der Waals surface area contributed by atoms with Crippen LogP contribution >= 0.6 is 27.5 Å². The van der Waals surface area contributed by atoms with Crippen molar-refractivity contribution in [3.8, 4) is 11.4 Å². The van der Waals surface area contributed by atoms with Gasteiger partial charge in [0.1, 0.15) is 0 Å². The van der Waals surface area contributed by atoms with Crippen molar-refractivity contribution < 1.29 is 4.52 Å². The van der Waals surface area contributed by atoms with Crippen molar-refractivity contribution in [3.05, 3.63) is 63.4 Å². The van der Waals surface area contributed by atoms with Gasteiger partial charge in [-0.1, -0.05) is 28.9 Å². The van der Waals surface area contributed by atoms with Crippen LogP contribution in [-0.2, 0) is 6.42 Å². The molecule has 0 aliphatic rings. The molecule has 0 saturated carbocycles. The summed E-state index contributed by atoms with van der Waals surface area (Å²) in [5.41, 5.74) is 8.34. The van der Waals surface area contributed by atoms with Crippen LogP contribution in [0.25, 0.3) is 11.4 Å². The molecular weight excluding hydrogens is 354 g/mol. The first-order valence-corrected chi connectivity index (χ1v) is 7.41. The first-order chi connectivity index (χ1) is 10.1. The Hall–Kier alpha value is -1.85. The summed E-state index contributed by atoms with van der Waals surface area (Å²) in [5, 5.41) is 4.64. The topological polar surface area (TPSA) is 64.9 Å². The largest absolute Gasteiger partial charge is 0.399 e. The second-order valence-electron chi connectivity index (χ2n) is 4.56. The summed E-state index contributed by atoms with van der Waals surface area (Å²) in [6.07, 6.45) is 0.548. The van der Waals surface area contributed by atoms with Gasteiger partial charge in [-0.3, -0.25) is 0 Å². The SMILES string of the molecule is Nc1cccc(Cc2nc(-c3ccc(Cl)c(Br)c3)no2)c1. The minimum absolute atomic E-state index is 0.534. The molecule has 4 nitrogen and oxygen atoms in total. The van der Waals surface area contributed by atoms with Gasteiger partial charge in [0.15, 0.2) is 0 Å². The van der Waals surface area contributed by atoms with Crippen LogP contribution in [0.4, 0.5) is 5.69 Å². The molecule has 2 N–H and O–H groups in total. The molecule has 0 bridgehead atoms. The molecule has 0 unspecified atom stereocenters. The third-order valence-corrected chi connectivity index (χ3v) is 4.17. The second-order valence-corrected chi connectivity index (χ2v) is 5.82. The van der Waals surface area contributed by atoms with Crippen LogP contribution < -0.4 is 5.73 Å². The van der Waals surface area contributed by atoms with Crippen LogP contribution in [-0.4, -0.2) is 10.1 Å². The molecule has 1 heterocycles. The van der Waals surface area contributed by atoms with Gasteiger partial charge in [0, 0.05) is 15.7 Å². The van der Waals surface area contributed by atoms with Gasteiger partial charge in [-0.15, -0.1) is 0 Å². The number of nitrogen functional groups attached to an aromatic ring is 1. The molecule has 0 fully saturated rings. The number of benzene rings is 2. The zero-order valence-electron chi connectivity index (χ0n) is 10.9. The quantitative estimate of drug-likeness (QED) is 0.703. The van der Waals surface area contributed by atoms with E-state index in [4.69, 9.17) is 21.9 Å². The highest BCUT2D eigenvalue weighted by molar-refractivity contribution is 9.10. The first-order valence-electron chi connectivity index (χ1n) is 6.24. The molecule has 3 rings (SSSR count). The monoisotopic (exact) mass is 363 g/mol. The van der Waals surface area contributed by atoms with Crippen molar-refractivity contribution in [1.29, 1.82) is 0 Å². The number of aromatic nitrogens is 2. The molecule has 0 aliphatic heterocycles. The fourth-order valence-corrected chi connectivity index (χ4v) is 2.45. The second kappa shape index (κ2) is 5.87. The van der Waals surface area contributed by atoms with Gasteiger partial charge in [-0.2, -0.15) is 4.98 Å². The third kappa shape index (κ3) is 3.25. The number of hydrogen-bond donors (Lipinski definition) is 1. The van der Waals surface area contributed by atoms with Gasteiger partial charge in [-0.05, 0) is 51.8 Å². The number of nitrogens with zero attached hydrogens (tertiary/aromatic N) is 2. The van der Waals surface area contributed by atoms with Crippen molar-refractivity contribution in [1.82, 2.24) is 10.1 Å². The van der Waals surface area contributed by atoms with E-state index in [-0.39, 0.29) is 0 Å². The summed E-state index contributed by atoms with van der Waals surface area (Å²) in [5.74, 6) is 1.08. The number of anilines is 1. The maximum Gasteiger partial charge on any atom is 0.231 e. The molecule has 106 valence electrons. The van der Waals surface area contributed by atoms with Gasteiger partial charge in [0.25, 0.3) is 0 Å². The van der Waals surface area contributed by atoms with E-state index >= 15 is 0 Å². The predicted octanol–water partition coefficient (Wildman–Crippen LogP) is 4.33. The number of hydrogen-bond acceptors (Lipinski definition) is 4. The summed E-state index contributed by atoms with van der Waals surface area (Å²) in [7, 11) is 0. The maximum atomic E-state index is 5.97. The lowest BCUT2D eigenvalue weighted by Gasteiger charge is -1.98. The summed E-state index contributed by atoms with van der Waals surface area (Å²) < 4.78 is 6.08. The van der Waals surface area contributed by atoms with E-state index in [0.29, 0.717) is 28.8 Å². The van der Waals surface area contributed by atoms with Crippen molar-refractivity contribution in [2.24, 2.45) is 0 Å². The molecule has 0 saturated heterocycles. The maximum absolute atomic E-state index is 5.97. The van der Waals surface area contributed by atoms with Gasteiger partial charge in [0.2, 0.25) is 11.7 Å². The van der Waals surface area contributed by atoms with Crippen LogP contribution in [0.5, 0.6) is 0 Å². The van der Waals surface area contributed by atoms with Gasteiger partial charge in [-0.25, -0.2) is 0 Å². The fraction of sp³-hybridized carbons (Fsp3) is 0.0667. The molecule has 6 heteroatoms. The van der Waals surface area contributed by atoms with E-state index in [1.807, 2.05) is 36.4 Å². The predicted molar refractivity (Wildman–Crippen MR) is 86.1 cm³/mol. The molecular formula is C15H11BrClN3O. The van der Waals surface area contributed by atoms with E-state index in [1.165, 1.54) is 0 Å². The number of rotatable bonds is 3.